The molecule has 0 aliphatic carbocycles. The number of anilines is 1. The van der Waals surface area contributed by atoms with Gasteiger partial charge < -0.3 is 20.1 Å². The molecule has 6 heteroatoms. The molecule has 0 bridgehead atoms. The zero-order valence-corrected chi connectivity index (χ0v) is 14.6. The summed E-state index contributed by atoms with van der Waals surface area (Å²) in [5.74, 6) is -0.141. The van der Waals surface area contributed by atoms with Crippen LogP contribution in [0.5, 0.6) is 5.75 Å². The van der Waals surface area contributed by atoms with E-state index in [2.05, 4.69) is 5.32 Å². The first kappa shape index (κ1) is 17.6. The number of halogens is 1. The first-order valence-electron chi connectivity index (χ1n) is 8.32. The number of nitrogens with one attached hydrogen (secondary N) is 1. The third kappa shape index (κ3) is 4.67. The minimum Gasteiger partial charge on any atom is -0.508 e. The van der Waals surface area contributed by atoms with Crippen molar-refractivity contribution in [2.75, 3.05) is 18.5 Å². The van der Waals surface area contributed by atoms with Crippen molar-refractivity contribution < 1.29 is 14.2 Å². The normalized spacial score (nSPS) is 16.6. The molecule has 1 aliphatic rings. The lowest BCUT2D eigenvalue weighted by molar-refractivity contribution is 0.0903. The third-order valence-corrected chi connectivity index (χ3v) is 4.56. The standard InChI is InChI=1S/C19H21FN2O2S/c20-16-8-2-3-9-17(16)21-19(25)22(13-15-7-5-11-24-15)12-14-6-1-4-10-18(14)23/h1-4,6,8-10,15,23H,5,7,11-13H2,(H,21,25). The van der Waals surface area contributed by atoms with Gasteiger partial charge in [-0.25, -0.2) is 4.39 Å². The molecule has 2 N–H and O–H groups in total. The van der Waals surface area contributed by atoms with Crippen LogP contribution in [-0.2, 0) is 11.3 Å². The molecule has 1 atom stereocenters. The number of para-hydroxylation sites is 2. The van der Waals surface area contributed by atoms with E-state index in [1.807, 2.05) is 17.0 Å². The van der Waals surface area contributed by atoms with Crippen LogP contribution in [0.1, 0.15) is 18.4 Å². The maximum Gasteiger partial charge on any atom is 0.173 e. The van der Waals surface area contributed by atoms with Crippen LogP contribution in [0.15, 0.2) is 48.5 Å². The van der Waals surface area contributed by atoms with Crippen LogP contribution in [0.4, 0.5) is 10.1 Å². The van der Waals surface area contributed by atoms with Crippen LogP contribution in [0, 0.1) is 5.82 Å². The van der Waals surface area contributed by atoms with Gasteiger partial charge in [0.25, 0.3) is 0 Å². The molecule has 0 saturated carbocycles. The first-order valence-corrected chi connectivity index (χ1v) is 8.73. The molecule has 1 fully saturated rings. The zero-order chi connectivity index (χ0) is 17.6. The molecule has 1 heterocycles. The molecular weight excluding hydrogens is 339 g/mol. The van der Waals surface area contributed by atoms with Gasteiger partial charge in [-0.05, 0) is 43.3 Å². The fourth-order valence-electron chi connectivity index (χ4n) is 2.86. The molecule has 1 aliphatic heterocycles. The van der Waals surface area contributed by atoms with Crippen molar-refractivity contribution in [2.24, 2.45) is 0 Å². The number of rotatable bonds is 5. The van der Waals surface area contributed by atoms with Crippen molar-refractivity contribution in [3.8, 4) is 5.75 Å². The SMILES string of the molecule is Oc1ccccc1CN(CC1CCCO1)C(=S)Nc1ccccc1F. The summed E-state index contributed by atoms with van der Waals surface area (Å²) >= 11 is 5.51. The Kier molecular flexibility index (Phi) is 5.83. The van der Waals surface area contributed by atoms with Crippen molar-refractivity contribution in [3.63, 3.8) is 0 Å². The second-order valence-electron chi connectivity index (χ2n) is 6.05. The van der Waals surface area contributed by atoms with Gasteiger partial charge >= 0.3 is 0 Å². The Bertz CT molecular complexity index is 735. The summed E-state index contributed by atoms with van der Waals surface area (Å²) in [6, 6.07) is 13.6. The summed E-state index contributed by atoms with van der Waals surface area (Å²) < 4.78 is 19.6. The topological polar surface area (TPSA) is 44.7 Å². The molecule has 0 radical (unpaired) electrons. The number of hydrogen-bond acceptors (Lipinski definition) is 3. The Morgan fingerprint density at radius 1 is 1.24 bits per heavy atom. The summed E-state index contributed by atoms with van der Waals surface area (Å²) in [5, 5.41) is 13.4. The Hall–Kier alpha value is -2.18. The van der Waals surface area contributed by atoms with E-state index in [4.69, 9.17) is 17.0 Å². The van der Waals surface area contributed by atoms with Crippen LogP contribution < -0.4 is 5.32 Å². The highest BCUT2D eigenvalue weighted by molar-refractivity contribution is 7.80. The number of thiocarbonyl (C=S) groups is 1. The Morgan fingerprint density at radius 3 is 2.72 bits per heavy atom. The van der Waals surface area contributed by atoms with Crippen molar-refractivity contribution in [1.82, 2.24) is 4.90 Å². The average molecular weight is 360 g/mol. The van der Waals surface area contributed by atoms with Crippen molar-refractivity contribution >= 4 is 23.0 Å². The van der Waals surface area contributed by atoms with E-state index in [1.165, 1.54) is 6.07 Å². The Labute approximate surface area is 152 Å². The molecule has 132 valence electrons. The van der Waals surface area contributed by atoms with Gasteiger partial charge in [-0.2, -0.15) is 0 Å². The average Bonchev–Trinajstić information content (AvgIpc) is 3.11. The van der Waals surface area contributed by atoms with Gasteiger partial charge in [0, 0.05) is 25.3 Å². The number of hydrogen-bond donors (Lipinski definition) is 2. The van der Waals surface area contributed by atoms with E-state index in [0.717, 1.165) is 25.0 Å². The summed E-state index contributed by atoms with van der Waals surface area (Å²) in [7, 11) is 0. The van der Waals surface area contributed by atoms with Crippen molar-refractivity contribution in [3.05, 3.63) is 59.9 Å². The minimum absolute atomic E-state index is 0.0891. The smallest absolute Gasteiger partial charge is 0.173 e. The van der Waals surface area contributed by atoms with Gasteiger partial charge in [-0.3, -0.25) is 0 Å². The van der Waals surface area contributed by atoms with E-state index in [1.54, 1.807) is 30.3 Å². The van der Waals surface area contributed by atoms with Crippen LogP contribution in [-0.4, -0.2) is 34.4 Å². The van der Waals surface area contributed by atoms with Crippen LogP contribution in [0.25, 0.3) is 0 Å². The maximum absolute atomic E-state index is 13.9. The fourth-order valence-corrected chi connectivity index (χ4v) is 3.11. The van der Waals surface area contributed by atoms with Crippen molar-refractivity contribution in [2.45, 2.75) is 25.5 Å². The molecule has 0 aromatic heterocycles. The monoisotopic (exact) mass is 360 g/mol. The van der Waals surface area contributed by atoms with E-state index in [0.29, 0.717) is 23.9 Å². The maximum atomic E-state index is 13.9. The Morgan fingerprint density at radius 2 is 2.00 bits per heavy atom. The lowest BCUT2D eigenvalue weighted by Gasteiger charge is -2.28. The van der Waals surface area contributed by atoms with E-state index < -0.39 is 0 Å². The number of ether oxygens (including phenoxy) is 1. The van der Waals surface area contributed by atoms with Gasteiger partial charge in [0.1, 0.15) is 11.6 Å². The second kappa shape index (κ2) is 8.27. The second-order valence-corrected chi connectivity index (χ2v) is 6.44. The predicted molar refractivity (Wildman–Crippen MR) is 100 cm³/mol. The number of aromatic hydroxyl groups is 1. The van der Waals surface area contributed by atoms with Gasteiger partial charge in [-0.15, -0.1) is 0 Å². The molecule has 3 rings (SSSR count). The molecule has 1 unspecified atom stereocenters. The lowest BCUT2D eigenvalue weighted by atomic mass is 10.1. The molecular formula is C19H21FN2O2S. The molecule has 2 aromatic carbocycles. The van der Waals surface area contributed by atoms with Crippen LogP contribution in [0.2, 0.25) is 0 Å². The van der Waals surface area contributed by atoms with Crippen LogP contribution >= 0.6 is 12.2 Å². The minimum atomic E-state index is -0.357. The quantitative estimate of drug-likeness (QED) is 0.792. The molecule has 0 amide bonds. The summed E-state index contributed by atoms with van der Waals surface area (Å²) in [5.41, 5.74) is 1.10. The fraction of sp³-hybridized carbons (Fsp3) is 0.316. The highest BCUT2D eigenvalue weighted by Crippen LogP contribution is 2.21. The largest absolute Gasteiger partial charge is 0.508 e. The Balaban J connectivity index is 1.76. The van der Waals surface area contributed by atoms with Gasteiger partial charge in [0.2, 0.25) is 0 Å². The molecule has 0 spiro atoms. The predicted octanol–water partition coefficient (Wildman–Crippen LogP) is 3.91. The number of phenols is 1. The first-order chi connectivity index (χ1) is 12.1. The van der Waals surface area contributed by atoms with Crippen LogP contribution in [0.3, 0.4) is 0 Å². The summed E-state index contributed by atoms with van der Waals surface area (Å²) in [6.07, 6.45) is 2.09. The molecule has 1 saturated heterocycles. The summed E-state index contributed by atoms with van der Waals surface area (Å²) in [4.78, 5) is 1.91. The molecule has 2 aromatic rings. The lowest BCUT2D eigenvalue weighted by Crippen LogP contribution is -2.39. The highest BCUT2D eigenvalue weighted by Gasteiger charge is 2.22. The molecule has 4 nitrogen and oxygen atoms in total. The van der Waals surface area contributed by atoms with E-state index >= 15 is 0 Å². The third-order valence-electron chi connectivity index (χ3n) is 4.20. The summed E-state index contributed by atoms with van der Waals surface area (Å²) in [6.45, 7) is 1.77. The number of phenolic OH excluding ortho intramolecular Hbond substituents is 1. The van der Waals surface area contributed by atoms with Gasteiger partial charge in [0.05, 0.1) is 11.8 Å². The highest BCUT2D eigenvalue weighted by atomic mass is 32.1. The van der Waals surface area contributed by atoms with E-state index in [-0.39, 0.29) is 17.7 Å². The number of nitrogens with zero attached hydrogens (tertiary/aromatic N) is 1. The molecule has 25 heavy (non-hydrogen) atoms. The van der Waals surface area contributed by atoms with Gasteiger partial charge in [0.15, 0.2) is 5.11 Å². The zero-order valence-electron chi connectivity index (χ0n) is 13.8. The van der Waals surface area contributed by atoms with Gasteiger partial charge in [-0.1, -0.05) is 30.3 Å². The number of benzene rings is 2. The van der Waals surface area contributed by atoms with E-state index in [9.17, 15) is 9.50 Å². The van der Waals surface area contributed by atoms with Crippen molar-refractivity contribution in [1.29, 1.82) is 0 Å².